The zero-order valence-electron chi connectivity index (χ0n) is 9.81. The lowest BCUT2D eigenvalue weighted by molar-refractivity contribution is 0.107. The molecule has 0 aliphatic heterocycles. The molecule has 0 radical (unpaired) electrons. The van der Waals surface area contributed by atoms with E-state index in [1.807, 2.05) is 27.7 Å². The molecular formula is C12H26O. The lowest BCUT2D eigenvalue weighted by atomic mass is 9.98. The summed E-state index contributed by atoms with van der Waals surface area (Å²) in [6, 6.07) is 0. The minimum atomic E-state index is 0.483. The summed E-state index contributed by atoms with van der Waals surface area (Å²) in [5.74, 6) is 0. The van der Waals surface area contributed by atoms with Crippen molar-refractivity contribution in [2.45, 2.75) is 65.9 Å². The fourth-order valence-electron chi connectivity index (χ4n) is 1.34. The van der Waals surface area contributed by atoms with E-state index in [1.54, 1.807) is 6.26 Å². The lowest BCUT2D eigenvalue weighted by Gasteiger charge is -2.20. The Morgan fingerprint density at radius 1 is 1.00 bits per heavy atom. The van der Waals surface area contributed by atoms with Crippen molar-refractivity contribution in [3.05, 3.63) is 12.8 Å². The van der Waals surface area contributed by atoms with Crippen LogP contribution in [0.3, 0.4) is 0 Å². The van der Waals surface area contributed by atoms with Gasteiger partial charge in [0, 0.05) is 0 Å². The Kier molecular flexibility index (Phi) is 16.3. The van der Waals surface area contributed by atoms with Gasteiger partial charge in [0.05, 0.1) is 12.4 Å². The van der Waals surface area contributed by atoms with E-state index < -0.39 is 0 Å². The smallest absolute Gasteiger partial charge is 0.0978 e. The molecule has 0 saturated heterocycles. The number of rotatable bonds is 2. The lowest BCUT2D eigenvalue weighted by Crippen LogP contribution is -2.13. The van der Waals surface area contributed by atoms with Crippen LogP contribution in [0.4, 0.5) is 0 Å². The standard InChI is InChI=1S/C8H14O.2C2H6/c1-2-9-8-6-4-3-5-7-8;2*1-2/h2,8H,1,3-7H2;2*1-2H3. The van der Waals surface area contributed by atoms with E-state index in [2.05, 4.69) is 6.58 Å². The summed E-state index contributed by atoms with van der Waals surface area (Å²) < 4.78 is 5.25. The van der Waals surface area contributed by atoms with Gasteiger partial charge in [-0.1, -0.05) is 40.7 Å². The molecule has 1 aliphatic rings. The summed E-state index contributed by atoms with van der Waals surface area (Å²) in [6.07, 6.45) is 8.55. The Balaban J connectivity index is 0. The second-order valence-electron chi connectivity index (χ2n) is 2.56. The molecule has 0 unspecified atom stereocenters. The second kappa shape index (κ2) is 14.1. The first-order chi connectivity index (χ1) is 6.43. The van der Waals surface area contributed by atoms with Gasteiger partial charge in [-0.25, -0.2) is 0 Å². The summed E-state index contributed by atoms with van der Waals surface area (Å²) in [7, 11) is 0. The van der Waals surface area contributed by atoms with E-state index in [4.69, 9.17) is 4.74 Å². The third-order valence-corrected chi connectivity index (χ3v) is 1.84. The molecule has 0 atom stereocenters. The molecular weight excluding hydrogens is 160 g/mol. The minimum absolute atomic E-state index is 0.483. The highest BCUT2D eigenvalue weighted by Crippen LogP contribution is 2.19. The summed E-state index contributed by atoms with van der Waals surface area (Å²) in [6.45, 7) is 11.5. The highest BCUT2D eigenvalue weighted by Gasteiger charge is 2.11. The Labute approximate surface area is 84.2 Å². The maximum atomic E-state index is 5.25. The SMILES string of the molecule is C=COC1CCCCC1.CC.CC. The molecule has 0 aromatic heterocycles. The molecule has 1 aliphatic carbocycles. The summed E-state index contributed by atoms with van der Waals surface area (Å²) in [5.41, 5.74) is 0. The molecule has 0 spiro atoms. The third-order valence-electron chi connectivity index (χ3n) is 1.84. The van der Waals surface area contributed by atoms with Gasteiger partial charge in [0.15, 0.2) is 0 Å². The van der Waals surface area contributed by atoms with Gasteiger partial charge >= 0.3 is 0 Å². The minimum Gasteiger partial charge on any atom is -0.499 e. The molecule has 80 valence electrons. The highest BCUT2D eigenvalue weighted by atomic mass is 16.5. The van der Waals surface area contributed by atoms with Crippen LogP contribution in [-0.2, 0) is 4.74 Å². The van der Waals surface area contributed by atoms with E-state index in [1.165, 1.54) is 32.1 Å². The Morgan fingerprint density at radius 3 is 1.85 bits per heavy atom. The largest absolute Gasteiger partial charge is 0.499 e. The first kappa shape index (κ1) is 15.0. The average molecular weight is 186 g/mol. The molecule has 1 fully saturated rings. The monoisotopic (exact) mass is 186 g/mol. The van der Waals surface area contributed by atoms with Crippen molar-refractivity contribution in [1.82, 2.24) is 0 Å². The fourth-order valence-corrected chi connectivity index (χ4v) is 1.34. The number of ether oxygens (including phenoxy) is 1. The van der Waals surface area contributed by atoms with Gasteiger partial charge in [0.1, 0.15) is 0 Å². The van der Waals surface area contributed by atoms with Crippen molar-refractivity contribution < 1.29 is 4.74 Å². The highest BCUT2D eigenvalue weighted by molar-refractivity contribution is 4.67. The molecule has 0 bridgehead atoms. The molecule has 0 heterocycles. The molecule has 0 aromatic carbocycles. The van der Waals surface area contributed by atoms with Gasteiger partial charge in [-0.2, -0.15) is 0 Å². The van der Waals surface area contributed by atoms with Crippen molar-refractivity contribution in [2.24, 2.45) is 0 Å². The zero-order valence-corrected chi connectivity index (χ0v) is 9.81. The van der Waals surface area contributed by atoms with Crippen molar-refractivity contribution in [3.8, 4) is 0 Å². The van der Waals surface area contributed by atoms with Crippen molar-refractivity contribution in [3.63, 3.8) is 0 Å². The van der Waals surface area contributed by atoms with Crippen LogP contribution in [0.1, 0.15) is 59.8 Å². The first-order valence-corrected chi connectivity index (χ1v) is 5.70. The van der Waals surface area contributed by atoms with Crippen molar-refractivity contribution in [2.75, 3.05) is 0 Å². The van der Waals surface area contributed by atoms with Crippen molar-refractivity contribution >= 4 is 0 Å². The van der Waals surface area contributed by atoms with E-state index in [9.17, 15) is 0 Å². The van der Waals surface area contributed by atoms with Crippen LogP contribution in [0.2, 0.25) is 0 Å². The molecule has 1 saturated carbocycles. The molecule has 1 heteroatoms. The van der Waals surface area contributed by atoms with Gasteiger partial charge in [0.25, 0.3) is 0 Å². The van der Waals surface area contributed by atoms with Crippen LogP contribution in [0, 0.1) is 0 Å². The molecule has 1 rings (SSSR count). The van der Waals surface area contributed by atoms with E-state index in [0.29, 0.717) is 6.10 Å². The predicted molar refractivity (Wildman–Crippen MR) is 60.9 cm³/mol. The van der Waals surface area contributed by atoms with E-state index in [0.717, 1.165) is 0 Å². The zero-order chi connectivity index (χ0) is 10.5. The summed E-state index contributed by atoms with van der Waals surface area (Å²) in [5, 5.41) is 0. The van der Waals surface area contributed by atoms with Crippen LogP contribution in [0.25, 0.3) is 0 Å². The summed E-state index contributed by atoms with van der Waals surface area (Å²) >= 11 is 0. The first-order valence-electron chi connectivity index (χ1n) is 5.70. The van der Waals surface area contributed by atoms with Gasteiger partial charge in [0.2, 0.25) is 0 Å². The normalized spacial score (nSPS) is 15.7. The van der Waals surface area contributed by atoms with E-state index >= 15 is 0 Å². The van der Waals surface area contributed by atoms with Crippen LogP contribution >= 0.6 is 0 Å². The van der Waals surface area contributed by atoms with Gasteiger partial charge in [-0.15, -0.1) is 0 Å². The quantitative estimate of drug-likeness (QED) is 0.576. The van der Waals surface area contributed by atoms with Crippen LogP contribution in [0.15, 0.2) is 12.8 Å². The molecule has 0 amide bonds. The third kappa shape index (κ3) is 9.45. The molecule has 0 aromatic rings. The van der Waals surface area contributed by atoms with Crippen LogP contribution in [0.5, 0.6) is 0 Å². The number of hydrogen-bond acceptors (Lipinski definition) is 1. The van der Waals surface area contributed by atoms with E-state index in [-0.39, 0.29) is 0 Å². The molecule has 1 nitrogen and oxygen atoms in total. The predicted octanol–water partition coefficient (Wildman–Crippen LogP) is 4.53. The molecule has 13 heavy (non-hydrogen) atoms. The van der Waals surface area contributed by atoms with Crippen LogP contribution < -0.4 is 0 Å². The fraction of sp³-hybridized carbons (Fsp3) is 0.833. The average Bonchev–Trinajstić information content (AvgIpc) is 2.26. The second-order valence-corrected chi connectivity index (χ2v) is 2.56. The maximum Gasteiger partial charge on any atom is 0.0978 e. The van der Waals surface area contributed by atoms with Gasteiger partial charge < -0.3 is 4.74 Å². The maximum absolute atomic E-state index is 5.25. The Bertz CT molecular complexity index is 83.1. The van der Waals surface area contributed by atoms with Crippen LogP contribution in [-0.4, -0.2) is 6.10 Å². The molecule has 0 N–H and O–H groups in total. The van der Waals surface area contributed by atoms with Gasteiger partial charge in [-0.05, 0) is 25.7 Å². The van der Waals surface area contributed by atoms with Crippen molar-refractivity contribution in [1.29, 1.82) is 0 Å². The number of hydrogen-bond donors (Lipinski definition) is 0. The Morgan fingerprint density at radius 2 is 1.46 bits per heavy atom. The topological polar surface area (TPSA) is 9.23 Å². The Hall–Kier alpha value is -0.460. The summed E-state index contributed by atoms with van der Waals surface area (Å²) in [4.78, 5) is 0. The van der Waals surface area contributed by atoms with Gasteiger partial charge in [-0.3, -0.25) is 0 Å².